The molecule has 4 N–H and O–H groups in total. The second kappa shape index (κ2) is 8.60. The number of aromatic nitrogens is 4. The van der Waals surface area contributed by atoms with Gasteiger partial charge in [-0.1, -0.05) is 12.8 Å². The first-order valence-corrected chi connectivity index (χ1v) is 11.1. The molecule has 2 aliphatic heterocycles. The van der Waals surface area contributed by atoms with Crippen molar-refractivity contribution < 1.29 is 28.3 Å². The van der Waals surface area contributed by atoms with E-state index in [0.29, 0.717) is 23.5 Å². The number of rotatable bonds is 8. The summed E-state index contributed by atoms with van der Waals surface area (Å²) in [6, 6.07) is 0. The highest BCUT2D eigenvalue weighted by molar-refractivity contribution is 7.45. The third-order valence-corrected chi connectivity index (χ3v) is 5.98. The fourth-order valence-electron chi connectivity index (χ4n) is 3.56. The number of nitrogens with zero attached hydrogens (tertiary/aromatic N) is 4. The maximum Gasteiger partial charge on any atom is 0.268 e. The Balaban J connectivity index is 1.47. The van der Waals surface area contributed by atoms with Gasteiger partial charge in [0.15, 0.2) is 23.2 Å². The molecule has 2 saturated heterocycles. The zero-order chi connectivity index (χ0) is 20.4. The second-order valence-electron chi connectivity index (χ2n) is 7.04. The Kier molecular flexibility index (Phi) is 6.11. The van der Waals surface area contributed by atoms with Crippen molar-refractivity contribution in [2.75, 3.05) is 25.0 Å². The minimum atomic E-state index is -4.43. The first-order chi connectivity index (χ1) is 14.0. The van der Waals surface area contributed by atoms with Crippen LogP contribution in [0.25, 0.3) is 11.2 Å². The van der Waals surface area contributed by atoms with Crippen LogP contribution in [0.5, 0.6) is 0 Å². The number of phosphoric ester groups is 1. The number of hydrogen-bond donors (Lipinski definition) is 3. The summed E-state index contributed by atoms with van der Waals surface area (Å²) in [5, 5.41) is 13.8. The number of anilines is 1. The lowest BCUT2D eigenvalue weighted by Gasteiger charge is -2.34. The highest BCUT2D eigenvalue weighted by atomic mass is 31.2. The number of hydrogen-bond acceptors (Lipinski definition) is 11. The largest absolute Gasteiger partial charge is 0.756 e. The van der Waals surface area contributed by atoms with Gasteiger partial charge in [-0.15, -0.1) is 0 Å². The molecule has 4 heterocycles. The van der Waals surface area contributed by atoms with Crippen LogP contribution >= 0.6 is 7.82 Å². The summed E-state index contributed by atoms with van der Waals surface area (Å²) in [6.07, 6.45) is 3.16. The fourth-order valence-corrected chi connectivity index (χ4v) is 4.50. The molecule has 5 atom stereocenters. The van der Waals surface area contributed by atoms with Gasteiger partial charge in [-0.25, -0.2) is 15.0 Å². The van der Waals surface area contributed by atoms with E-state index in [2.05, 4.69) is 24.8 Å². The quantitative estimate of drug-likeness (QED) is 0.380. The van der Waals surface area contributed by atoms with Gasteiger partial charge < -0.3 is 34.8 Å². The van der Waals surface area contributed by atoms with E-state index in [9.17, 15) is 14.6 Å². The summed E-state index contributed by atoms with van der Waals surface area (Å²) in [5.74, 6) is 0.584. The molecular weight excluding hydrogens is 403 g/mol. The summed E-state index contributed by atoms with van der Waals surface area (Å²) in [6.45, 7) is 1.23. The SMILES string of the molecule is NCCCCCCNc1ncnc2c1ncn2C1OC2COP(=O)([O-])OC2C1O. The van der Waals surface area contributed by atoms with Crippen molar-refractivity contribution in [2.45, 2.75) is 50.2 Å². The van der Waals surface area contributed by atoms with E-state index in [1.54, 1.807) is 4.57 Å². The molecule has 2 aromatic heterocycles. The fraction of sp³-hybridized carbons (Fsp3) is 0.688. The number of fused-ring (bicyclic) bond motifs is 2. The highest BCUT2D eigenvalue weighted by Crippen LogP contribution is 2.49. The van der Waals surface area contributed by atoms with Crippen molar-refractivity contribution >= 4 is 24.8 Å². The van der Waals surface area contributed by atoms with E-state index in [4.69, 9.17) is 15.0 Å². The Hall–Kier alpha value is -1.66. The number of unbranched alkanes of at least 4 members (excludes halogenated alkanes) is 3. The monoisotopic (exact) mass is 427 g/mol. The summed E-state index contributed by atoms with van der Waals surface area (Å²) in [4.78, 5) is 24.4. The summed E-state index contributed by atoms with van der Waals surface area (Å²) in [5.41, 5.74) is 6.49. The molecule has 0 spiro atoms. The zero-order valence-electron chi connectivity index (χ0n) is 15.7. The Morgan fingerprint density at radius 2 is 2.14 bits per heavy atom. The van der Waals surface area contributed by atoms with Crippen LogP contribution in [0.3, 0.4) is 0 Å². The maximum atomic E-state index is 11.5. The van der Waals surface area contributed by atoms with Gasteiger partial charge in [-0.3, -0.25) is 9.13 Å². The van der Waals surface area contributed by atoms with E-state index < -0.39 is 32.4 Å². The van der Waals surface area contributed by atoms with Crippen LogP contribution in [0.4, 0.5) is 5.82 Å². The third-order valence-electron chi connectivity index (χ3n) is 5.01. The number of aliphatic hydroxyl groups is 1. The molecule has 12 nitrogen and oxygen atoms in total. The number of imidazole rings is 1. The molecule has 0 radical (unpaired) electrons. The van der Waals surface area contributed by atoms with Crippen LogP contribution in [0, 0.1) is 0 Å². The molecule has 29 heavy (non-hydrogen) atoms. The molecule has 0 amide bonds. The highest BCUT2D eigenvalue weighted by Gasteiger charge is 2.50. The number of nitrogens with two attached hydrogens (primary N) is 1. The van der Waals surface area contributed by atoms with Crippen LogP contribution in [0.1, 0.15) is 31.9 Å². The Bertz CT molecular complexity index is 896. The van der Waals surface area contributed by atoms with Gasteiger partial charge in [-0.2, -0.15) is 0 Å². The maximum absolute atomic E-state index is 11.5. The third kappa shape index (κ3) is 4.29. The average Bonchev–Trinajstić information content (AvgIpc) is 3.26. The molecule has 2 aliphatic rings. The predicted molar refractivity (Wildman–Crippen MR) is 99.7 cm³/mol. The van der Waals surface area contributed by atoms with Crippen molar-refractivity contribution in [3.05, 3.63) is 12.7 Å². The molecule has 0 aliphatic carbocycles. The molecule has 5 unspecified atom stereocenters. The van der Waals surface area contributed by atoms with E-state index in [1.165, 1.54) is 12.7 Å². The van der Waals surface area contributed by atoms with E-state index >= 15 is 0 Å². The topological polar surface area (TPSA) is 170 Å². The Morgan fingerprint density at radius 3 is 2.97 bits per heavy atom. The standard InChI is InChI=1S/C16H25N6O6P/c17-5-3-1-2-4-6-18-14-11-15(20-8-19-14)22(9-21-11)16-12(23)13-10(27-16)7-26-29(24,25)28-13/h8-10,12-13,16,23H,1-7,17H2,(H,24,25)(H,18,19,20)/p-1. The van der Waals surface area contributed by atoms with Crippen molar-refractivity contribution in [1.82, 2.24) is 19.5 Å². The Morgan fingerprint density at radius 1 is 1.31 bits per heavy atom. The number of aliphatic hydroxyl groups excluding tert-OH is 1. The van der Waals surface area contributed by atoms with E-state index in [0.717, 1.165) is 32.2 Å². The van der Waals surface area contributed by atoms with Crippen LogP contribution in [0.2, 0.25) is 0 Å². The molecule has 0 saturated carbocycles. The van der Waals surface area contributed by atoms with Gasteiger partial charge >= 0.3 is 0 Å². The molecule has 0 bridgehead atoms. The lowest BCUT2D eigenvalue weighted by atomic mass is 10.1. The molecule has 160 valence electrons. The van der Waals surface area contributed by atoms with Gasteiger partial charge in [0.25, 0.3) is 7.82 Å². The predicted octanol–water partition coefficient (Wildman–Crippen LogP) is -0.101. The molecular formula is C16H24N6O6P-. The van der Waals surface area contributed by atoms with Gasteiger partial charge in [0.1, 0.15) is 24.6 Å². The van der Waals surface area contributed by atoms with Crippen LogP contribution in [-0.4, -0.2) is 62.6 Å². The van der Waals surface area contributed by atoms with Crippen LogP contribution in [-0.2, 0) is 18.3 Å². The number of phosphoric acid groups is 1. The molecule has 4 rings (SSSR count). The minimum absolute atomic E-state index is 0.211. The number of nitrogens with one attached hydrogen (secondary N) is 1. The van der Waals surface area contributed by atoms with Crippen molar-refractivity contribution in [3.8, 4) is 0 Å². The zero-order valence-corrected chi connectivity index (χ0v) is 16.6. The van der Waals surface area contributed by atoms with E-state index in [-0.39, 0.29) is 6.61 Å². The molecule has 2 fully saturated rings. The number of ether oxygens (including phenoxy) is 1. The first-order valence-electron chi connectivity index (χ1n) is 9.59. The van der Waals surface area contributed by atoms with Crippen LogP contribution in [0.15, 0.2) is 12.7 Å². The molecule has 13 heteroatoms. The van der Waals surface area contributed by atoms with Gasteiger partial charge in [-0.05, 0) is 19.4 Å². The van der Waals surface area contributed by atoms with Gasteiger partial charge in [0, 0.05) is 6.54 Å². The van der Waals surface area contributed by atoms with Crippen molar-refractivity contribution in [3.63, 3.8) is 0 Å². The average molecular weight is 427 g/mol. The summed E-state index contributed by atoms with van der Waals surface area (Å²) < 4.78 is 28.4. The lowest BCUT2D eigenvalue weighted by molar-refractivity contribution is -0.245. The van der Waals surface area contributed by atoms with Crippen molar-refractivity contribution in [1.29, 1.82) is 0 Å². The normalized spacial score (nSPS) is 31.8. The van der Waals surface area contributed by atoms with Gasteiger partial charge in [0.2, 0.25) is 0 Å². The lowest BCUT2D eigenvalue weighted by Crippen LogP contribution is -2.41. The molecule has 0 aromatic carbocycles. The van der Waals surface area contributed by atoms with Crippen molar-refractivity contribution in [2.24, 2.45) is 5.73 Å². The molecule has 2 aromatic rings. The van der Waals surface area contributed by atoms with E-state index in [1.807, 2.05) is 0 Å². The van der Waals surface area contributed by atoms with Crippen LogP contribution < -0.4 is 15.9 Å². The Labute approximate surface area is 167 Å². The second-order valence-corrected chi connectivity index (χ2v) is 8.41. The summed E-state index contributed by atoms with van der Waals surface area (Å²) in [7, 11) is -4.43. The first kappa shape index (κ1) is 20.6. The summed E-state index contributed by atoms with van der Waals surface area (Å²) >= 11 is 0. The van der Waals surface area contributed by atoms with Gasteiger partial charge in [0.05, 0.1) is 12.9 Å². The minimum Gasteiger partial charge on any atom is -0.756 e. The smallest absolute Gasteiger partial charge is 0.268 e.